The zero-order valence-corrected chi connectivity index (χ0v) is 15.8. The fourth-order valence-electron chi connectivity index (χ4n) is 3.92. The highest BCUT2D eigenvalue weighted by Gasteiger charge is 2.45. The lowest BCUT2D eigenvalue weighted by Gasteiger charge is -2.23. The molecule has 0 unspecified atom stereocenters. The Kier molecular flexibility index (Phi) is 4.70. The van der Waals surface area contributed by atoms with Crippen LogP contribution in [0.1, 0.15) is 42.4 Å². The van der Waals surface area contributed by atoms with Crippen LogP contribution in [0.25, 0.3) is 11.0 Å². The lowest BCUT2D eigenvalue weighted by atomic mass is 9.98. The van der Waals surface area contributed by atoms with Gasteiger partial charge in [0.25, 0.3) is 0 Å². The Morgan fingerprint density at radius 2 is 2.00 bits per heavy atom. The van der Waals surface area contributed by atoms with Gasteiger partial charge in [0.05, 0.1) is 11.7 Å². The Morgan fingerprint density at radius 1 is 1.22 bits per heavy atom. The zero-order valence-electron chi connectivity index (χ0n) is 15.8. The summed E-state index contributed by atoms with van der Waals surface area (Å²) >= 11 is 0. The Bertz CT molecular complexity index is 951. The molecule has 1 aromatic carbocycles. The number of hydrogen-bond donors (Lipinski definition) is 0. The lowest BCUT2D eigenvalue weighted by molar-refractivity contribution is -0.0467. The summed E-state index contributed by atoms with van der Waals surface area (Å²) in [4.78, 5) is 17.2. The molecule has 0 saturated carbocycles. The average molecular weight is 364 g/mol. The van der Waals surface area contributed by atoms with E-state index in [1.807, 2.05) is 35.0 Å². The predicted octanol–water partition coefficient (Wildman–Crippen LogP) is 4.51. The molecule has 0 spiro atoms. The van der Waals surface area contributed by atoms with E-state index in [1.54, 1.807) is 18.3 Å². The van der Waals surface area contributed by atoms with E-state index in [0.717, 1.165) is 23.0 Å². The van der Waals surface area contributed by atoms with E-state index in [-0.39, 0.29) is 30.3 Å². The van der Waals surface area contributed by atoms with Crippen molar-refractivity contribution in [3.8, 4) is 0 Å². The van der Waals surface area contributed by atoms with Gasteiger partial charge < -0.3 is 14.0 Å². The van der Waals surface area contributed by atoms with Gasteiger partial charge in [0, 0.05) is 23.7 Å². The number of carbonyl (C=O) groups excluding carboxylic acids is 1. The molecular weight excluding hydrogens is 340 g/mol. The van der Waals surface area contributed by atoms with Gasteiger partial charge in [0.15, 0.2) is 12.3 Å². The highest BCUT2D eigenvalue weighted by molar-refractivity contribution is 5.89. The maximum atomic E-state index is 12.7. The van der Waals surface area contributed by atoms with Gasteiger partial charge in [-0.2, -0.15) is 0 Å². The summed E-state index contributed by atoms with van der Waals surface area (Å²) in [5, 5.41) is 1.09. The molecule has 4 atom stereocenters. The van der Waals surface area contributed by atoms with Crippen molar-refractivity contribution in [2.45, 2.75) is 45.6 Å². The van der Waals surface area contributed by atoms with Crippen LogP contribution in [0.5, 0.6) is 0 Å². The number of pyridine rings is 1. The fourth-order valence-corrected chi connectivity index (χ4v) is 3.92. The third kappa shape index (κ3) is 3.12. The minimum absolute atomic E-state index is 0.0324. The molecule has 0 amide bonds. The third-order valence-corrected chi connectivity index (χ3v) is 5.42. The number of rotatable bonds is 4. The highest BCUT2D eigenvalue weighted by Crippen LogP contribution is 2.39. The van der Waals surface area contributed by atoms with Crippen molar-refractivity contribution >= 4 is 17.0 Å². The Balaban J connectivity index is 1.70. The van der Waals surface area contributed by atoms with Crippen molar-refractivity contribution in [1.82, 2.24) is 9.55 Å². The quantitative estimate of drug-likeness (QED) is 0.639. The average Bonchev–Trinajstić information content (AvgIpc) is 3.20. The third-order valence-electron chi connectivity index (χ3n) is 5.42. The van der Waals surface area contributed by atoms with Gasteiger partial charge in [0.1, 0.15) is 5.65 Å². The van der Waals surface area contributed by atoms with E-state index < -0.39 is 0 Å². The molecular formula is C22H24N2O3. The molecule has 5 heteroatoms. The number of ether oxygens (including phenoxy) is 2. The summed E-state index contributed by atoms with van der Waals surface area (Å²) < 4.78 is 14.3. The van der Waals surface area contributed by atoms with Crippen LogP contribution in [0.3, 0.4) is 0 Å². The Labute approximate surface area is 158 Å². The second-order valence-electron chi connectivity index (χ2n) is 7.16. The maximum absolute atomic E-state index is 12.7. The number of nitrogens with zero attached hydrogens (tertiary/aromatic N) is 2. The van der Waals surface area contributed by atoms with Gasteiger partial charge in [-0.25, -0.2) is 9.78 Å². The molecule has 3 aromatic rings. The van der Waals surface area contributed by atoms with Crippen molar-refractivity contribution in [1.29, 1.82) is 0 Å². The normalized spacial score (nSPS) is 25.0. The standard InChI is InChI=1S/C22H24N2O3/c1-4-18-15(3)19(27-22(25)16-9-6-5-7-10-16)21(26-18)24-13-14(2)17-11-8-12-23-20(17)24/h5-13,15,18-19,21H,4H2,1-3H3/t15-,18-,19-,21-/m1/s1. The summed E-state index contributed by atoms with van der Waals surface area (Å²) in [6.45, 7) is 6.24. The van der Waals surface area contributed by atoms with Crippen molar-refractivity contribution in [2.75, 3.05) is 0 Å². The predicted molar refractivity (Wildman–Crippen MR) is 103 cm³/mol. The van der Waals surface area contributed by atoms with E-state index in [4.69, 9.17) is 9.47 Å². The first-order chi connectivity index (χ1) is 13.1. The summed E-state index contributed by atoms with van der Waals surface area (Å²) in [6, 6.07) is 13.1. The van der Waals surface area contributed by atoms with Crippen LogP contribution in [0, 0.1) is 12.8 Å². The lowest BCUT2D eigenvalue weighted by Crippen LogP contribution is -2.30. The molecule has 140 valence electrons. The van der Waals surface area contributed by atoms with Crippen LogP contribution >= 0.6 is 0 Å². The van der Waals surface area contributed by atoms with Crippen LogP contribution in [0.4, 0.5) is 0 Å². The molecule has 1 saturated heterocycles. The van der Waals surface area contributed by atoms with E-state index in [0.29, 0.717) is 5.56 Å². The summed E-state index contributed by atoms with van der Waals surface area (Å²) in [7, 11) is 0. The zero-order chi connectivity index (χ0) is 19.0. The topological polar surface area (TPSA) is 53.4 Å². The summed E-state index contributed by atoms with van der Waals surface area (Å²) in [5.41, 5.74) is 2.53. The molecule has 2 aromatic heterocycles. The van der Waals surface area contributed by atoms with E-state index in [2.05, 4.69) is 31.8 Å². The van der Waals surface area contributed by atoms with Crippen LogP contribution in [0.15, 0.2) is 54.9 Å². The van der Waals surface area contributed by atoms with Gasteiger partial charge >= 0.3 is 5.97 Å². The molecule has 5 nitrogen and oxygen atoms in total. The largest absolute Gasteiger partial charge is 0.454 e. The SMILES string of the molecule is CC[C@H]1O[C@@H](n2cc(C)c3cccnc32)[C@H](OC(=O)c2ccccc2)[C@@H]1C. The second-order valence-corrected chi connectivity index (χ2v) is 7.16. The van der Waals surface area contributed by atoms with Crippen LogP contribution < -0.4 is 0 Å². The van der Waals surface area contributed by atoms with Crippen molar-refractivity contribution in [2.24, 2.45) is 5.92 Å². The van der Waals surface area contributed by atoms with Gasteiger partial charge in [-0.3, -0.25) is 0 Å². The maximum Gasteiger partial charge on any atom is 0.338 e. The number of esters is 1. The van der Waals surface area contributed by atoms with Crippen molar-refractivity contribution < 1.29 is 14.3 Å². The number of aryl methyl sites for hydroxylation is 1. The van der Waals surface area contributed by atoms with Crippen molar-refractivity contribution in [3.63, 3.8) is 0 Å². The minimum atomic E-state index is -0.385. The molecule has 0 radical (unpaired) electrons. The summed E-state index contributed by atoms with van der Waals surface area (Å²) in [6.07, 6.45) is 3.95. The summed E-state index contributed by atoms with van der Waals surface area (Å²) in [5.74, 6) is -0.229. The van der Waals surface area contributed by atoms with Crippen molar-refractivity contribution in [3.05, 3.63) is 66.0 Å². The first-order valence-electron chi connectivity index (χ1n) is 9.43. The number of fused-ring (bicyclic) bond motifs is 1. The first-order valence-corrected chi connectivity index (χ1v) is 9.43. The molecule has 1 aliphatic rings. The second kappa shape index (κ2) is 7.16. The number of benzene rings is 1. The Morgan fingerprint density at radius 3 is 2.74 bits per heavy atom. The molecule has 1 aliphatic heterocycles. The molecule has 3 heterocycles. The van der Waals surface area contributed by atoms with Crippen LogP contribution in [-0.2, 0) is 9.47 Å². The monoisotopic (exact) mass is 364 g/mol. The molecule has 27 heavy (non-hydrogen) atoms. The molecule has 4 rings (SSSR count). The smallest absolute Gasteiger partial charge is 0.338 e. The minimum Gasteiger partial charge on any atom is -0.454 e. The fraction of sp³-hybridized carbons (Fsp3) is 0.364. The van der Waals surface area contributed by atoms with Gasteiger partial charge in [0.2, 0.25) is 0 Å². The van der Waals surface area contributed by atoms with E-state index in [9.17, 15) is 4.79 Å². The van der Waals surface area contributed by atoms with Gasteiger partial charge in [-0.1, -0.05) is 32.0 Å². The highest BCUT2D eigenvalue weighted by atomic mass is 16.6. The number of carbonyl (C=O) groups is 1. The first kappa shape index (κ1) is 17.7. The number of hydrogen-bond acceptors (Lipinski definition) is 4. The van der Waals surface area contributed by atoms with Gasteiger partial charge in [-0.15, -0.1) is 0 Å². The number of aromatic nitrogens is 2. The van der Waals surface area contributed by atoms with E-state index in [1.165, 1.54) is 0 Å². The van der Waals surface area contributed by atoms with Gasteiger partial charge in [-0.05, 0) is 43.2 Å². The molecule has 0 bridgehead atoms. The molecule has 0 aliphatic carbocycles. The van der Waals surface area contributed by atoms with E-state index >= 15 is 0 Å². The van der Waals surface area contributed by atoms with Crippen LogP contribution in [-0.4, -0.2) is 27.7 Å². The molecule has 0 N–H and O–H groups in total. The van der Waals surface area contributed by atoms with Crippen LogP contribution in [0.2, 0.25) is 0 Å². The molecule has 1 fully saturated rings. The Hall–Kier alpha value is -2.66.